The first-order valence-electron chi connectivity index (χ1n) is 8.21. The molecule has 25 heavy (non-hydrogen) atoms. The Balaban J connectivity index is 1.69. The number of benzene rings is 2. The van der Waals surface area contributed by atoms with Crippen molar-refractivity contribution in [3.63, 3.8) is 0 Å². The van der Waals surface area contributed by atoms with Gasteiger partial charge in [-0.3, -0.25) is 14.3 Å². The van der Waals surface area contributed by atoms with Gasteiger partial charge in [0, 0.05) is 16.8 Å². The van der Waals surface area contributed by atoms with Crippen LogP contribution in [0, 0.1) is 0 Å². The quantitative estimate of drug-likeness (QED) is 0.712. The molecule has 3 aromatic rings. The van der Waals surface area contributed by atoms with E-state index < -0.39 is 0 Å². The van der Waals surface area contributed by atoms with E-state index in [2.05, 4.69) is 11.2 Å². The molecule has 0 N–H and O–H groups in total. The van der Waals surface area contributed by atoms with Gasteiger partial charge in [-0.1, -0.05) is 24.3 Å². The lowest BCUT2D eigenvalue weighted by atomic mass is 10.2. The molecule has 0 saturated carbocycles. The number of rotatable bonds is 2. The van der Waals surface area contributed by atoms with Crippen LogP contribution in [0.4, 0.5) is 5.69 Å². The van der Waals surface area contributed by atoms with Crippen molar-refractivity contribution in [2.45, 2.75) is 17.9 Å². The zero-order chi connectivity index (χ0) is 17.2. The summed E-state index contributed by atoms with van der Waals surface area (Å²) in [4.78, 5) is 27.9. The van der Waals surface area contributed by atoms with Crippen LogP contribution in [0.3, 0.4) is 0 Å². The highest BCUT2D eigenvalue weighted by Gasteiger charge is 2.22. The second-order valence-corrected chi connectivity index (χ2v) is 7.04. The Kier molecular flexibility index (Phi) is 4.28. The first kappa shape index (κ1) is 15.9. The van der Waals surface area contributed by atoms with Gasteiger partial charge in [-0.05, 0) is 36.4 Å². The van der Waals surface area contributed by atoms with Gasteiger partial charge >= 0.3 is 0 Å². The Hall–Kier alpha value is -2.60. The fraction of sp³-hybridized carbons (Fsp3) is 0.211. The molecule has 1 aliphatic rings. The van der Waals surface area contributed by atoms with E-state index in [1.54, 1.807) is 22.5 Å². The molecule has 2 heterocycles. The van der Waals surface area contributed by atoms with Gasteiger partial charge in [0.05, 0.1) is 17.4 Å². The molecular formula is C19H17N3O2S. The molecule has 1 amide bonds. The molecule has 1 aromatic heterocycles. The third-order valence-electron chi connectivity index (χ3n) is 4.29. The highest BCUT2D eigenvalue weighted by molar-refractivity contribution is 7.99. The fourth-order valence-corrected chi connectivity index (χ4v) is 4.08. The lowest BCUT2D eigenvalue weighted by Crippen LogP contribution is -2.35. The molecule has 0 bridgehead atoms. The fourth-order valence-electron chi connectivity index (χ4n) is 3.09. The van der Waals surface area contributed by atoms with Crippen LogP contribution in [0.25, 0.3) is 10.9 Å². The smallest absolute Gasteiger partial charge is 0.248 e. The van der Waals surface area contributed by atoms with Gasteiger partial charge in [0.2, 0.25) is 11.3 Å². The van der Waals surface area contributed by atoms with Crippen molar-refractivity contribution in [2.24, 2.45) is 0 Å². The monoisotopic (exact) mass is 351 g/mol. The Morgan fingerprint density at radius 3 is 2.84 bits per heavy atom. The van der Waals surface area contributed by atoms with Crippen molar-refractivity contribution >= 4 is 34.3 Å². The number of anilines is 1. The van der Waals surface area contributed by atoms with Crippen LogP contribution >= 0.6 is 11.8 Å². The average Bonchev–Trinajstić information content (AvgIpc) is 2.87. The number of nitrogens with zero attached hydrogens (tertiary/aromatic N) is 3. The van der Waals surface area contributed by atoms with Crippen LogP contribution < -0.4 is 10.3 Å². The molecule has 0 aliphatic carbocycles. The van der Waals surface area contributed by atoms with Crippen molar-refractivity contribution in [3.05, 3.63) is 65.0 Å². The van der Waals surface area contributed by atoms with E-state index in [-0.39, 0.29) is 17.9 Å². The molecule has 126 valence electrons. The summed E-state index contributed by atoms with van der Waals surface area (Å²) >= 11 is 1.78. The minimum absolute atomic E-state index is 0.0174. The summed E-state index contributed by atoms with van der Waals surface area (Å²) in [6, 6.07) is 15.2. The number of hydrogen-bond acceptors (Lipinski definition) is 4. The molecule has 2 aromatic carbocycles. The summed E-state index contributed by atoms with van der Waals surface area (Å²) in [5.74, 6) is 0.983. The number of carbonyl (C=O) groups excluding carboxylic acids is 1. The number of fused-ring (bicyclic) bond motifs is 2. The predicted molar refractivity (Wildman–Crippen MR) is 100 cm³/mol. The van der Waals surface area contributed by atoms with Gasteiger partial charge in [-0.15, -0.1) is 11.8 Å². The largest absolute Gasteiger partial charge is 0.310 e. The number of thioether (sulfide) groups is 1. The van der Waals surface area contributed by atoms with Crippen LogP contribution in [0.2, 0.25) is 0 Å². The zero-order valence-electron chi connectivity index (χ0n) is 13.6. The summed E-state index contributed by atoms with van der Waals surface area (Å²) in [6.45, 7) is 0.806. The number of aromatic nitrogens is 2. The summed E-state index contributed by atoms with van der Waals surface area (Å²) < 4.78 is 1.61. The number of amides is 1. The predicted octanol–water partition coefficient (Wildman–Crippen LogP) is 2.93. The Morgan fingerprint density at radius 1 is 1.12 bits per heavy atom. The molecule has 1 aliphatic heterocycles. The first-order chi connectivity index (χ1) is 12.2. The maximum absolute atomic E-state index is 13.0. The molecular weight excluding hydrogens is 334 g/mol. The second-order valence-electron chi connectivity index (χ2n) is 5.90. The highest BCUT2D eigenvalue weighted by Crippen LogP contribution is 2.33. The SMILES string of the molecule is O=C(Cn1ncc(=O)c2ccccc21)N1CCCSc2ccccc21. The van der Waals surface area contributed by atoms with Crippen LogP contribution in [0.1, 0.15) is 6.42 Å². The number of para-hydroxylation sites is 2. The average molecular weight is 351 g/mol. The van der Waals surface area contributed by atoms with Crippen molar-refractivity contribution in [1.82, 2.24) is 9.78 Å². The Labute approximate surface area is 149 Å². The second kappa shape index (κ2) is 6.72. The lowest BCUT2D eigenvalue weighted by molar-refractivity contribution is -0.119. The van der Waals surface area contributed by atoms with E-state index in [4.69, 9.17) is 0 Å². The summed E-state index contributed by atoms with van der Waals surface area (Å²) in [6.07, 6.45) is 2.23. The number of carbonyl (C=O) groups is 1. The molecule has 0 radical (unpaired) electrons. The first-order valence-corrected chi connectivity index (χ1v) is 9.20. The molecule has 5 nitrogen and oxygen atoms in total. The Bertz CT molecular complexity index is 999. The number of hydrogen-bond donors (Lipinski definition) is 0. The Morgan fingerprint density at radius 2 is 1.92 bits per heavy atom. The van der Waals surface area contributed by atoms with Crippen molar-refractivity contribution in [1.29, 1.82) is 0 Å². The van der Waals surface area contributed by atoms with Gasteiger partial charge in [0.25, 0.3) is 0 Å². The van der Waals surface area contributed by atoms with Crippen molar-refractivity contribution < 1.29 is 4.79 Å². The van der Waals surface area contributed by atoms with Crippen LogP contribution in [0.15, 0.2) is 64.4 Å². The highest BCUT2D eigenvalue weighted by atomic mass is 32.2. The molecule has 0 fully saturated rings. The van der Waals surface area contributed by atoms with Gasteiger partial charge in [-0.2, -0.15) is 5.10 Å². The van der Waals surface area contributed by atoms with E-state index in [0.29, 0.717) is 17.4 Å². The van der Waals surface area contributed by atoms with E-state index in [1.807, 2.05) is 41.3 Å². The molecule has 0 spiro atoms. The molecule has 0 atom stereocenters. The minimum atomic E-state index is -0.129. The molecule has 0 saturated heterocycles. The van der Waals surface area contributed by atoms with Crippen molar-refractivity contribution in [3.8, 4) is 0 Å². The van der Waals surface area contributed by atoms with E-state index in [1.165, 1.54) is 6.20 Å². The zero-order valence-corrected chi connectivity index (χ0v) is 14.4. The third kappa shape index (κ3) is 3.05. The summed E-state index contributed by atoms with van der Waals surface area (Å²) in [7, 11) is 0. The van der Waals surface area contributed by atoms with E-state index in [0.717, 1.165) is 22.8 Å². The normalized spacial score (nSPS) is 14.2. The van der Waals surface area contributed by atoms with Gasteiger partial charge in [-0.25, -0.2) is 0 Å². The molecule has 4 rings (SSSR count). The van der Waals surface area contributed by atoms with E-state index in [9.17, 15) is 9.59 Å². The van der Waals surface area contributed by atoms with Gasteiger partial charge in [0.15, 0.2) is 0 Å². The molecule has 0 unspecified atom stereocenters. The maximum Gasteiger partial charge on any atom is 0.248 e. The standard InChI is InChI=1S/C19H17N3O2S/c23-17-12-20-22(15-7-2-1-6-14(15)17)13-19(24)21-10-5-11-25-18-9-4-3-8-16(18)21/h1-4,6-9,12H,5,10-11,13H2. The van der Waals surface area contributed by atoms with E-state index >= 15 is 0 Å². The van der Waals surface area contributed by atoms with Gasteiger partial charge < -0.3 is 4.90 Å². The third-order valence-corrected chi connectivity index (χ3v) is 5.44. The van der Waals surface area contributed by atoms with Crippen LogP contribution in [-0.2, 0) is 11.3 Å². The minimum Gasteiger partial charge on any atom is -0.310 e. The van der Waals surface area contributed by atoms with Crippen molar-refractivity contribution in [2.75, 3.05) is 17.2 Å². The summed E-state index contributed by atoms with van der Waals surface area (Å²) in [5, 5.41) is 4.75. The summed E-state index contributed by atoms with van der Waals surface area (Å²) in [5.41, 5.74) is 1.51. The van der Waals surface area contributed by atoms with Crippen LogP contribution in [-0.4, -0.2) is 28.0 Å². The topological polar surface area (TPSA) is 55.2 Å². The van der Waals surface area contributed by atoms with Crippen LogP contribution in [0.5, 0.6) is 0 Å². The maximum atomic E-state index is 13.0. The lowest BCUT2D eigenvalue weighted by Gasteiger charge is -2.23. The van der Waals surface area contributed by atoms with Gasteiger partial charge in [0.1, 0.15) is 6.54 Å². The molecule has 6 heteroatoms.